The van der Waals surface area contributed by atoms with Crippen LogP contribution >= 0.6 is 11.6 Å². The van der Waals surface area contributed by atoms with E-state index in [1.165, 1.54) is 0 Å². The maximum Gasteiger partial charge on any atom is 0.255 e. The molecule has 4 rings (SSSR count). The largest absolute Gasteiger partial charge is 0.362 e. The van der Waals surface area contributed by atoms with Crippen LogP contribution in [0.3, 0.4) is 0 Å². The van der Waals surface area contributed by atoms with Crippen LogP contribution in [0.4, 0.5) is 5.82 Å². The molecule has 0 bridgehead atoms. The van der Waals surface area contributed by atoms with Gasteiger partial charge in [0, 0.05) is 46.1 Å². The van der Waals surface area contributed by atoms with E-state index >= 15 is 0 Å². The third-order valence-corrected chi connectivity index (χ3v) is 5.85. The number of hydrogen-bond donors (Lipinski definition) is 2. The molecule has 0 unspecified atom stereocenters. The number of aryl methyl sites for hydroxylation is 1. The maximum absolute atomic E-state index is 13.4. The van der Waals surface area contributed by atoms with Gasteiger partial charge in [0.15, 0.2) is 5.78 Å². The van der Waals surface area contributed by atoms with Crippen molar-refractivity contribution in [2.45, 2.75) is 39.5 Å². The summed E-state index contributed by atoms with van der Waals surface area (Å²) in [6.07, 6.45) is 2.96. The van der Waals surface area contributed by atoms with Crippen LogP contribution < -0.4 is 10.6 Å². The molecule has 0 spiro atoms. The van der Waals surface area contributed by atoms with E-state index in [9.17, 15) is 9.59 Å². The molecule has 2 heterocycles. The summed E-state index contributed by atoms with van der Waals surface area (Å²) in [4.78, 5) is 30.7. The van der Waals surface area contributed by atoms with Gasteiger partial charge in [0.05, 0.1) is 0 Å². The molecule has 2 N–H and O–H groups in total. The summed E-state index contributed by atoms with van der Waals surface area (Å²) in [5.74, 6) is 0.0694. The van der Waals surface area contributed by atoms with E-state index in [1.807, 2.05) is 38.1 Å². The highest BCUT2D eigenvalue weighted by Gasteiger charge is 2.39. The molecule has 6 heteroatoms. The number of nitrogens with zero attached hydrogens (tertiary/aromatic N) is 1. The van der Waals surface area contributed by atoms with Crippen molar-refractivity contribution in [3.63, 3.8) is 0 Å². The quantitative estimate of drug-likeness (QED) is 0.739. The summed E-state index contributed by atoms with van der Waals surface area (Å²) in [5, 5.41) is 6.80. The standard InChI is InChI=1S/C24H24ClN3O2/c1-13-7-8-20(26-12-13)28-24(30)21-15(3)27-18-9-14(2)10-19(29)23(18)22(21)16-5-4-6-17(25)11-16/h4-8,11-12,14,22,27H,9-10H2,1-3H3,(H,26,28,30)/t14-,22-/m0/s1. The molecular weight excluding hydrogens is 398 g/mol. The molecule has 2 atom stereocenters. The number of hydrogen-bond acceptors (Lipinski definition) is 4. The van der Waals surface area contributed by atoms with Crippen LogP contribution in [-0.2, 0) is 9.59 Å². The topological polar surface area (TPSA) is 71.1 Å². The highest BCUT2D eigenvalue weighted by molar-refractivity contribution is 6.30. The third-order valence-electron chi connectivity index (χ3n) is 5.61. The Balaban J connectivity index is 1.79. The van der Waals surface area contributed by atoms with Crippen molar-refractivity contribution in [1.29, 1.82) is 0 Å². The van der Waals surface area contributed by atoms with E-state index in [0.717, 1.165) is 28.9 Å². The van der Waals surface area contributed by atoms with Gasteiger partial charge in [-0.2, -0.15) is 0 Å². The monoisotopic (exact) mass is 421 g/mol. The van der Waals surface area contributed by atoms with E-state index < -0.39 is 5.92 Å². The number of anilines is 1. The highest BCUT2D eigenvalue weighted by Crippen LogP contribution is 2.43. The Morgan fingerprint density at radius 2 is 2.00 bits per heavy atom. The van der Waals surface area contributed by atoms with Crippen molar-refractivity contribution in [2.75, 3.05) is 5.32 Å². The second-order valence-electron chi connectivity index (χ2n) is 8.16. The van der Waals surface area contributed by atoms with E-state index in [2.05, 4.69) is 22.5 Å². The number of carbonyl (C=O) groups excluding carboxylic acids is 2. The SMILES string of the molecule is CC1=C(C(=O)Nc2ccc(C)cn2)[C@H](c2cccc(Cl)c2)C2=C(C[C@H](C)CC2=O)N1. The lowest BCUT2D eigenvalue weighted by molar-refractivity contribution is -0.117. The van der Waals surface area contributed by atoms with Crippen LogP contribution in [0.25, 0.3) is 0 Å². The number of dihydropyridines is 1. The van der Waals surface area contributed by atoms with Gasteiger partial charge < -0.3 is 10.6 Å². The third kappa shape index (κ3) is 3.90. The van der Waals surface area contributed by atoms with Crippen molar-refractivity contribution < 1.29 is 9.59 Å². The first-order valence-electron chi connectivity index (χ1n) is 10.1. The first kappa shape index (κ1) is 20.4. The van der Waals surface area contributed by atoms with Gasteiger partial charge in [0.25, 0.3) is 5.91 Å². The van der Waals surface area contributed by atoms with Crippen LogP contribution in [0.5, 0.6) is 0 Å². The zero-order valence-electron chi connectivity index (χ0n) is 17.3. The average molecular weight is 422 g/mol. The molecule has 5 nitrogen and oxygen atoms in total. The number of ketones is 1. The van der Waals surface area contributed by atoms with Crippen molar-refractivity contribution in [2.24, 2.45) is 5.92 Å². The van der Waals surface area contributed by atoms with Gasteiger partial charge in [0.2, 0.25) is 0 Å². The number of allylic oxidation sites excluding steroid dienone is 3. The average Bonchev–Trinajstić information content (AvgIpc) is 2.68. The van der Waals surface area contributed by atoms with Crippen molar-refractivity contribution in [1.82, 2.24) is 10.3 Å². The summed E-state index contributed by atoms with van der Waals surface area (Å²) >= 11 is 6.26. The van der Waals surface area contributed by atoms with Gasteiger partial charge in [-0.25, -0.2) is 4.98 Å². The van der Waals surface area contributed by atoms with E-state index in [4.69, 9.17) is 11.6 Å². The molecular formula is C24H24ClN3O2. The smallest absolute Gasteiger partial charge is 0.255 e. The molecule has 0 saturated carbocycles. The molecule has 1 aromatic heterocycles. The molecule has 30 heavy (non-hydrogen) atoms. The summed E-state index contributed by atoms with van der Waals surface area (Å²) < 4.78 is 0. The Bertz CT molecular complexity index is 1090. The molecule has 2 aliphatic rings. The fraction of sp³-hybridized carbons (Fsp3) is 0.292. The number of halogens is 1. The Hall–Kier alpha value is -2.92. The lowest BCUT2D eigenvalue weighted by Gasteiger charge is -2.36. The number of nitrogens with one attached hydrogen (secondary N) is 2. The molecule has 0 saturated heterocycles. The van der Waals surface area contributed by atoms with Gasteiger partial charge in [-0.05, 0) is 55.5 Å². The van der Waals surface area contributed by atoms with Crippen LogP contribution in [0.2, 0.25) is 5.02 Å². The van der Waals surface area contributed by atoms with Crippen LogP contribution in [0.1, 0.15) is 43.7 Å². The first-order chi connectivity index (χ1) is 14.3. The molecule has 1 amide bonds. The zero-order valence-corrected chi connectivity index (χ0v) is 18.0. The highest BCUT2D eigenvalue weighted by atomic mass is 35.5. The maximum atomic E-state index is 13.4. The number of Topliss-reactive ketones (excluding diaryl/α,β-unsaturated/α-hetero) is 1. The minimum absolute atomic E-state index is 0.0764. The van der Waals surface area contributed by atoms with Crippen LogP contribution in [0, 0.1) is 12.8 Å². The molecule has 1 aliphatic carbocycles. The van der Waals surface area contributed by atoms with Gasteiger partial charge >= 0.3 is 0 Å². The van der Waals surface area contributed by atoms with E-state index in [1.54, 1.807) is 18.3 Å². The Morgan fingerprint density at radius 1 is 1.20 bits per heavy atom. The van der Waals surface area contributed by atoms with Crippen LogP contribution in [-0.4, -0.2) is 16.7 Å². The normalized spacial score (nSPS) is 21.3. The summed E-state index contributed by atoms with van der Waals surface area (Å²) in [7, 11) is 0. The fourth-order valence-corrected chi connectivity index (χ4v) is 4.48. The van der Waals surface area contributed by atoms with Crippen molar-refractivity contribution in [3.8, 4) is 0 Å². The summed E-state index contributed by atoms with van der Waals surface area (Å²) in [6.45, 7) is 5.89. The van der Waals surface area contributed by atoms with Crippen molar-refractivity contribution in [3.05, 3.63) is 81.3 Å². The lowest BCUT2D eigenvalue weighted by Crippen LogP contribution is -2.37. The van der Waals surface area contributed by atoms with Gasteiger partial charge in [-0.15, -0.1) is 0 Å². The van der Waals surface area contributed by atoms with Gasteiger partial charge in [-0.1, -0.05) is 36.7 Å². The second-order valence-corrected chi connectivity index (χ2v) is 8.59. The minimum Gasteiger partial charge on any atom is -0.362 e. The van der Waals surface area contributed by atoms with Crippen LogP contribution in [0.15, 0.2) is 65.1 Å². The fourth-order valence-electron chi connectivity index (χ4n) is 4.28. The van der Waals surface area contributed by atoms with Gasteiger partial charge in [0.1, 0.15) is 5.82 Å². The van der Waals surface area contributed by atoms with E-state index in [0.29, 0.717) is 28.4 Å². The molecule has 1 aromatic carbocycles. The van der Waals surface area contributed by atoms with Gasteiger partial charge in [-0.3, -0.25) is 9.59 Å². The molecule has 0 radical (unpaired) electrons. The predicted molar refractivity (Wildman–Crippen MR) is 118 cm³/mol. The molecule has 1 aliphatic heterocycles. The Labute approximate surface area is 181 Å². The summed E-state index contributed by atoms with van der Waals surface area (Å²) in [6, 6.07) is 11.1. The molecule has 0 fully saturated rings. The lowest BCUT2D eigenvalue weighted by atomic mass is 9.73. The number of rotatable bonds is 3. The Kier molecular flexibility index (Phi) is 5.48. The number of carbonyl (C=O) groups is 2. The molecule has 2 aromatic rings. The summed E-state index contributed by atoms with van der Waals surface area (Å²) in [5.41, 5.74) is 4.68. The number of benzene rings is 1. The number of aromatic nitrogens is 1. The predicted octanol–water partition coefficient (Wildman–Crippen LogP) is 4.90. The van der Waals surface area contributed by atoms with Crippen molar-refractivity contribution >= 4 is 29.1 Å². The molecule has 154 valence electrons. The minimum atomic E-state index is -0.467. The number of pyridine rings is 1. The second kappa shape index (κ2) is 8.07. The van der Waals surface area contributed by atoms with E-state index in [-0.39, 0.29) is 17.6 Å². The Morgan fingerprint density at radius 3 is 2.70 bits per heavy atom. The first-order valence-corrected chi connectivity index (χ1v) is 10.4. The number of amides is 1. The zero-order chi connectivity index (χ0) is 21.4.